The minimum atomic E-state index is -0.189. The van der Waals surface area contributed by atoms with Crippen molar-refractivity contribution < 1.29 is 14.1 Å². The van der Waals surface area contributed by atoms with Crippen molar-refractivity contribution in [1.29, 1.82) is 0 Å². The second-order valence-electron chi connectivity index (χ2n) is 7.54. The number of rotatable bonds is 7. The summed E-state index contributed by atoms with van der Waals surface area (Å²) in [6, 6.07) is 17.7. The van der Waals surface area contributed by atoms with Crippen LogP contribution >= 0.6 is 0 Å². The van der Waals surface area contributed by atoms with Crippen LogP contribution in [0.1, 0.15) is 24.1 Å². The average molecular weight is 389 g/mol. The van der Waals surface area contributed by atoms with Gasteiger partial charge in [-0.25, -0.2) is 0 Å². The van der Waals surface area contributed by atoms with E-state index in [4.69, 9.17) is 4.52 Å². The molecule has 29 heavy (non-hydrogen) atoms. The minimum absolute atomic E-state index is 0.0569. The van der Waals surface area contributed by atoms with Crippen LogP contribution in [0.3, 0.4) is 0 Å². The zero-order chi connectivity index (χ0) is 20.3. The summed E-state index contributed by atoms with van der Waals surface area (Å²) >= 11 is 0. The minimum Gasteiger partial charge on any atom is -0.356 e. The molecule has 1 aromatic heterocycles. The first-order valence-corrected chi connectivity index (χ1v) is 9.68. The van der Waals surface area contributed by atoms with Crippen LogP contribution in [-0.4, -0.2) is 29.6 Å². The van der Waals surface area contributed by atoms with E-state index in [1.165, 1.54) is 6.08 Å². The number of amides is 2. The van der Waals surface area contributed by atoms with E-state index < -0.39 is 0 Å². The predicted octanol–water partition coefficient (Wildman–Crippen LogP) is 2.89. The predicted molar refractivity (Wildman–Crippen MR) is 110 cm³/mol. The van der Waals surface area contributed by atoms with E-state index in [9.17, 15) is 9.59 Å². The van der Waals surface area contributed by atoms with Gasteiger partial charge in [0.05, 0.1) is 6.42 Å². The van der Waals surface area contributed by atoms with Crippen LogP contribution in [0.5, 0.6) is 0 Å². The zero-order valence-corrected chi connectivity index (χ0v) is 16.1. The summed E-state index contributed by atoms with van der Waals surface area (Å²) in [5, 5.41) is 10.9. The highest BCUT2D eigenvalue weighted by atomic mass is 16.5. The summed E-state index contributed by atoms with van der Waals surface area (Å²) in [6.45, 7) is 4.02. The summed E-state index contributed by atoms with van der Waals surface area (Å²) in [5.74, 6) is -0.267. The zero-order valence-electron chi connectivity index (χ0n) is 16.1. The highest BCUT2D eigenvalue weighted by Crippen LogP contribution is 2.43. The molecular weight excluding hydrogens is 366 g/mol. The summed E-state index contributed by atoms with van der Waals surface area (Å²) in [5.41, 5.74) is 2.31. The molecule has 3 aromatic rings. The normalized spacial score (nSPS) is 20.6. The van der Waals surface area contributed by atoms with E-state index in [1.54, 1.807) is 0 Å². The average Bonchev–Trinajstić information content (AvgIpc) is 3.12. The van der Waals surface area contributed by atoms with Crippen LogP contribution in [0, 0.1) is 0 Å². The van der Waals surface area contributed by atoms with Gasteiger partial charge in [-0.3, -0.25) is 9.59 Å². The molecule has 1 aliphatic rings. The lowest BCUT2D eigenvalue weighted by Crippen LogP contribution is -2.57. The maximum absolute atomic E-state index is 12.5. The monoisotopic (exact) mass is 389 g/mol. The van der Waals surface area contributed by atoms with Gasteiger partial charge in [0.25, 0.3) is 0 Å². The highest BCUT2D eigenvalue weighted by Gasteiger charge is 2.46. The van der Waals surface area contributed by atoms with Crippen molar-refractivity contribution in [3.05, 3.63) is 78.5 Å². The Bertz CT molecular complexity index is 1040. The van der Waals surface area contributed by atoms with Crippen molar-refractivity contribution in [3.8, 4) is 0 Å². The van der Waals surface area contributed by atoms with Crippen molar-refractivity contribution in [2.75, 3.05) is 6.54 Å². The van der Waals surface area contributed by atoms with Crippen molar-refractivity contribution in [2.24, 2.45) is 0 Å². The van der Waals surface area contributed by atoms with Crippen molar-refractivity contribution >= 4 is 22.8 Å². The first-order valence-electron chi connectivity index (χ1n) is 9.68. The van der Waals surface area contributed by atoms with Gasteiger partial charge in [-0.05, 0) is 36.6 Å². The van der Waals surface area contributed by atoms with E-state index in [1.807, 2.05) is 42.5 Å². The van der Waals surface area contributed by atoms with Gasteiger partial charge < -0.3 is 15.2 Å². The molecule has 148 valence electrons. The van der Waals surface area contributed by atoms with Crippen LogP contribution in [0.4, 0.5) is 0 Å². The number of carbonyl (C=O) groups excluding carboxylic acids is 2. The number of nitrogens with one attached hydrogen (secondary N) is 2. The Balaban J connectivity index is 1.40. The molecule has 0 spiro atoms. The fourth-order valence-corrected chi connectivity index (χ4v) is 4.08. The van der Waals surface area contributed by atoms with Gasteiger partial charge in [0.1, 0.15) is 5.69 Å². The molecule has 2 aromatic carbocycles. The molecule has 6 heteroatoms. The molecule has 0 atom stereocenters. The van der Waals surface area contributed by atoms with E-state index in [-0.39, 0.29) is 29.7 Å². The molecule has 0 bridgehead atoms. The number of aromatic nitrogens is 1. The second kappa shape index (κ2) is 7.91. The molecule has 2 N–H and O–H groups in total. The van der Waals surface area contributed by atoms with Gasteiger partial charge in [-0.1, -0.05) is 54.2 Å². The molecule has 2 amide bonds. The fourth-order valence-electron chi connectivity index (χ4n) is 4.08. The molecular formula is C23H23N3O3. The first kappa shape index (κ1) is 18.9. The van der Waals surface area contributed by atoms with E-state index >= 15 is 0 Å². The van der Waals surface area contributed by atoms with Crippen molar-refractivity contribution in [3.63, 3.8) is 0 Å². The third-order valence-electron chi connectivity index (χ3n) is 5.59. The lowest BCUT2D eigenvalue weighted by atomic mass is 9.61. The van der Waals surface area contributed by atoms with E-state index in [0.29, 0.717) is 17.8 Å². The maximum Gasteiger partial charge on any atom is 0.243 e. The molecule has 0 saturated heterocycles. The number of para-hydroxylation sites is 1. The lowest BCUT2D eigenvalue weighted by Gasteiger charge is -2.48. The van der Waals surface area contributed by atoms with Crippen LogP contribution < -0.4 is 10.6 Å². The second-order valence-corrected chi connectivity index (χ2v) is 7.54. The molecule has 1 fully saturated rings. The summed E-state index contributed by atoms with van der Waals surface area (Å²) in [4.78, 5) is 24.2. The van der Waals surface area contributed by atoms with Gasteiger partial charge in [-0.15, -0.1) is 0 Å². The SMILES string of the molecule is C=CC(=O)NCC1(c2ccccc2)CC(NC(=O)Cc2noc3ccccc23)C1. The molecule has 6 nitrogen and oxygen atoms in total. The molecule has 4 rings (SSSR count). The van der Waals surface area contributed by atoms with Gasteiger partial charge in [0, 0.05) is 23.4 Å². The summed E-state index contributed by atoms with van der Waals surface area (Å²) < 4.78 is 5.27. The number of carbonyl (C=O) groups is 2. The van der Waals surface area contributed by atoms with Crippen molar-refractivity contribution in [2.45, 2.75) is 30.7 Å². The molecule has 0 aliphatic heterocycles. The third-order valence-corrected chi connectivity index (χ3v) is 5.59. The van der Waals surface area contributed by atoms with Crippen molar-refractivity contribution in [1.82, 2.24) is 15.8 Å². The smallest absolute Gasteiger partial charge is 0.243 e. The largest absolute Gasteiger partial charge is 0.356 e. The Hall–Kier alpha value is -3.41. The van der Waals surface area contributed by atoms with Crippen LogP contribution in [0.15, 0.2) is 71.8 Å². The molecule has 1 aliphatic carbocycles. The van der Waals surface area contributed by atoms with E-state index in [2.05, 4.69) is 34.5 Å². The fraction of sp³-hybridized carbons (Fsp3) is 0.261. The molecule has 1 saturated carbocycles. The third kappa shape index (κ3) is 3.92. The van der Waals surface area contributed by atoms with Crippen LogP contribution in [-0.2, 0) is 21.4 Å². The Morgan fingerprint density at radius 1 is 1.14 bits per heavy atom. The molecule has 0 radical (unpaired) electrons. The number of hydrogen-bond donors (Lipinski definition) is 2. The standard InChI is InChI=1S/C23H23N3O3/c1-2-21(27)24-15-23(16-8-4-3-5-9-16)13-17(14-23)25-22(28)12-19-18-10-6-7-11-20(18)29-26-19/h2-11,17H,1,12-15H2,(H,24,27)(H,25,28). The Labute approximate surface area is 169 Å². The highest BCUT2D eigenvalue weighted by molar-refractivity contribution is 5.87. The van der Waals surface area contributed by atoms with Crippen LogP contribution in [0.25, 0.3) is 11.0 Å². The number of nitrogens with zero attached hydrogens (tertiary/aromatic N) is 1. The van der Waals surface area contributed by atoms with Gasteiger partial charge in [0.15, 0.2) is 5.58 Å². The number of hydrogen-bond acceptors (Lipinski definition) is 4. The maximum atomic E-state index is 12.5. The summed E-state index contributed by atoms with van der Waals surface area (Å²) in [7, 11) is 0. The Morgan fingerprint density at radius 2 is 1.86 bits per heavy atom. The van der Waals surface area contributed by atoms with Gasteiger partial charge >= 0.3 is 0 Å². The Kier molecular flexibility index (Phi) is 5.16. The topological polar surface area (TPSA) is 84.2 Å². The van der Waals surface area contributed by atoms with Gasteiger partial charge in [0.2, 0.25) is 11.8 Å². The molecule has 0 unspecified atom stereocenters. The lowest BCUT2D eigenvalue weighted by molar-refractivity contribution is -0.122. The number of fused-ring (bicyclic) bond motifs is 1. The van der Waals surface area contributed by atoms with Crippen LogP contribution in [0.2, 0.25) is 0 Å². The van der Waals surface area contributed by atoms with E-state index in [0.717, 1.165) is 23.8 Å². The van der Waals surface area contributed by atoms with Gasteiger partial charge in [-0.2, -0.15) is 0 Å². The number of benzene rings is 2. The Morgan fingerprint density at radius 3 is 2.62 bits per heavy atom. The molecule has 1 heterocycles. The first-order chi connectivity index (χ1) is 14.1. The quantitative estimate of drug-likeness (QED) is 0.609. The summed E-state index contributed by atoms with van der Waals surface area (Å²) in [6.07, 6.45) is 2.98.